The van der Waals surface area contributed by atoms with Crippen LogP contribution in [-0.2, 0) is 9.59 Å². The van der Waals surface area contributed by atoms with E-state index in [9.17, 15) is 9.59 Å². The molecule has 5 heteroatoms. The first-order valence-electron chi connectivity index (χ1n) is 9.98. The number of hydrogen-bond acceptors (Lipinski definition) is 3. The maximum atomic E-state index is 12.8. The molecule has 0 bridgehead atoms. The molecule has 1 aliphatic heterocycles. The summed E-state index contributed by atoms with van der Waals surface area (Å²) < 4.78 is 0. The molecule has 0 aromatic heterocycles. The van der Waals surface area contributed by atoms with E-state index in [-0.39, 0.29) is 23.3 Å². The SMILES string of the molecule is CC(C)c1ccc(C(C)NC(=O)C2CCCN2C(=O)C(N)C(C)(C)C)cc1. The van der Waals surface area contributed by atoms with E-state index >= 15 is 0 Å². The van der Waals surface area contributed by atoms with Gasteiger partial charge in [-0.2, -0.15) is 0 Å². The fourth-order valence-corrected chi connectivity index (χ4v) is 3.41. The Morgan fingerprint density at radius 3 is 2.19 bits per heavy atom. The van der Waals surface area contributed by atoms with Gasteiger partial charge >= 0.3 is 0 Å². The summed E-state index contributed by atoms with van der Waals surface area (Å²) in [6.07, 6.45) is 1.52. The molecule has 3 N–H and O–H groups in total. The molecular weight excluding hydrogens is 338 g/mol. The van der Waals surface area contributed by atoms with Crippen LogP contribution in [0.4, 0.5) is 0 Å². The third-order valence-electron chi connectivity index (χ3n) is 5.50. The van der Waals surface area contributed by atoms with Gasteiger partial charge in [-0.1, -0.05) is 58.9 Å². The lowest BCUT2D eigenvalue weighted by Gasteiger charge is -2.33. The number of likely N-dealkylation sites (tertiary alicyclic amines) is 1. The standard InChI is InChI=1S/C22H35N3O2/c1-14(2)16-9-11-17(12-10-16)15(3)24-20(26)18-8-7-13-25(18)21(27)19(23)22(4,5)6/h9-12,14-15,18-19H,7-8,13,23H2,1-6H3,(H,24,26). The lowest BCUT2D eigenvalue weighted by atomic mass is 9.86. The molecule has 2 amide bonds. The van der Waals surface area contributed by atoms with E-state index in [0.717, 1.165) is 12.0 Å². The highest BCUT2D eigenvalue weighted by Gasteiger charge is 2.39. The lowest BCUT2D eigenvalue weighted by molar-refractivity contribution is -0.141. The van der Waals surface area contributed by atoms with Crippen molar-refractivity contribution in [2.45, 2.75) is 78.4 Å². The fourth-order valence-electron chi connectivity index (χ4n) is 3.41. The summed E-state index contributed by atoms with van der Waals surface area (Å²) in [6, 6.07) is 7.20. The second-order valence-corrected chi connectivity index (χ2v) is 9.08. The number of amides is 2. The predicted molar refractivity (Wildman–Crippen MR) is 109 cm³/mol. The van der Waals surface area contributed by atoms with Crippen molar-refractivity contribution < 1.29 is 9.59 Å². The molecular formula is C22H35N3O2. The first-order valence-corrected chi connectivity index (χ1v) is 9.98. The van der Waals surface area contributed by atoms with E-state index in [0.29, 0.717) is 18.9 Å². The Labute approximate surface area is 163 Å². The summed E-state index contributed by atoms with van der Waals surface area (Å²) in [6.45, 7) is 12.7. The number of nitrogens with two attached hydrogens (primary N) is 1. The second kappa shape index (κ2) is 8.42. The van der Waals surface area contributed by atoms with Crippen LogP contribution in [0.15, 0.2) is 24.3 Å². The molecule has 0 radical (unpaired) electrons. The van der Waals surface area contributed by atoms with Crippen molar-refractivity contribution >= 4 is 11.8 Å². The van der Waals surface area contributed by atoms with Crippen LogP contribution in [-0.4, -0.2) is 35.3 Å². The number of nitrogens with zero attached hydrogens (tertiary/aromatic N) is 1. The molecule has 0 spiro atoms. The first-order chi connectivity index (χ1) is 12.5. The third kappa shape index (κ3) is 5.10. The maximum absolute atomic E-state index is 12.8. The monoisotopic (exact) mass is 373 g/mol. The summed E-state index contributed by atoms with van der Waals surface area (Å²) >= 11 is 0. The summed E-state index contributed by atoms with van der Waals surface area (Å²) in [4.78, 5) is 27.3. The Balaban J connectivity index is 2.04. The molecule has 27 heavy (non-hydrogen) atoms. The molecule has 2 rings (SSSR count). The van der Waals surface area contributed by atoms with Crippen molar-refractivity contribution in [2.24, 2.45) is 11.1 Å². The molecule has 3 atom stereocenters. The fraction of sp³-hybridized carbons (Fsp3) is 0.636. The Kier molecular flexibility index (Phi) is 6.68. The molecule has 3 unspecified atom stereocenters. The van der Waals surface area contributed by atoms with Gasteiger partial charge < -0.3 is 16.0 Å². The molecule has 1 aromatic rings. The van der Waals surface area contributed by atoms with Crippen LogP contribution in [0.3, 0.4) is 0 Å². The minimum absolute atomic E-state index is 0.0950. The van der Waals surface area contributed by atoms with Crippen LogP contribution in [0.1, 0.15) is 77.5 Å². The Morgan fingerprint density at radius 1 is 1.11 bits per heavy atom. The minimum atomic E-state index is -0.605. The third-order valence-corrected chi connectivity index (χ3v) is 5.50. The van der Waals surface area contributed by atoms with Crippen molar-refractivity contribution in [2.75, 3.05) is 6.54 Å². The smallest absolute Gasteiger partial charge is 0.243 e. The minimum Gasteiger partial charge on any atom is -0.348 e. The van der Waals surface area contributed by atoms with Gasteiger partial charge in [-0.05, 0) is 42.2 Å². The van der Waals surface area contributed by atoms with Gasteiger partial charge in [-0.25, -0.2) is 0 Å². The Hall–Kier alpha value is -1.88. The van der Waals surface area contributed by atoms with Crippen LogP contribution in [0.2, 0.25) is 0 Å². The highest BCUT2D eigenvalue weighted by atomic mass is 16.2. The molecule has 1 heterocycles. The quantitative estimate of drug-likeness (QED) is 0.831. The van der Waals surface area contributed by atoms with E-state index in [2.05, 4.69) is 43.4 Å². The van der Waals surface area contributed by atoms with Gasteiger partial charge in [0.25, 0.3) is 0 Å². The van der Waals surface area contributed by atoms with Crippen LogP contribution in [0, 0.1) is 5.41 Å². The molecule has 0 saturated carbocycles. The van der Waals surface area contributed by atoms with Crippen molar-refractivity contribution in [1.82, 2.24) is 10.2 Å². The van der Waals surface area contributed by atoms with Crippen molar-refractivity contribution in [3.05, 3.63) is 35.4 Å². The molecule has 1 aromatic carbocycles. The Morgan fingerprint density at radius 2 is 1.67 bits per heavy atom. The lowest BCUT2D eigenvalue weighted by Crippen LogP contribution is -2.55. The maximum Gasteiger partial charge on any atom is 0.243 e. The van der Waals surface area contributed by atoms with Crippen LogP contribution < -0.4 is 11.1 Å². The normalized spacial score (nSPS) is 19.9. The highest BCUT2D eigenvalue weighted by molar-refractivity contribution is 5.90. The van der Waals surface area contributed by atoms with E-state index in [4.69, 9.17) is 5.73 Å². The van der Waals surface area contributed by atoms with Crippen LogP contribution >= 0.6 is 0 Å². The zero-order valence-electron chi connectivity index (χ0n) is 17.6. The van der Waals surface area contributed by atoms with Gasteiger partial charge in [0.05, 0.1) is 12.1 Å². The van der Waals surface area contributed by atoms with Crippen molar-refractivity contribution in [1.29, 1.82) is 0 Å². The number of rotatable bonds is 5. The molecule has 1 fully saturated rings. The predicted octanol–water partition coefficient (Wildman–Crippen LogP) is 3.35. The zero-order valence-corrected chi connectivity index (χ0v) is 17.6. The average molecular weight is 374 g/mol. The van der Waals surface area contributed by atoms with Gasteiger partial charge in [0.2, 0.25) is 11.8 Å². The first kappa shape index (κ1) is 21.4. The number of nitrogens with one attached hydrogen (secondary N) is 1. The van der Waals surface area contributed by atoms with Crippen LogP contribution in [0.5, 0.6) is 0 Å². The van der Waals surface area contributed by atoms with Gasteiger partial charge in [-0.3, -0.25) is 9.59 Å². The molecule has 5 nitrogen and oxygen atoms in total. The van der Waals surface area contributed by atoms with Crippen LogP contribution in [0.25, 0.3) is 0 Å². The van der Waals surface area contributed by atoms with Gasteiger partial charge in [0.15, 0.2) is 0 Å². The van der Waals surface area contributed by atoms with E-state index < -0.39 is 12.1 Å². The molecule has 1 aliphatic rings. The van der Waals surface area contributed by atoms with Gasteiger partial charge in [0.1, 0.15) is 6.04 Å². The summed E-state index contributed by atoms with van der Waals surface area (Å²) in [5.74, 6) is 0.255. The summed E-state index contributed by atoms with van der Waals surface area (Å²) in [5, 5.41) is 3.08. The molecule has 0 aliphatic carbocycles. The largest absolute Gasteiger partial charge is 0.348 e. The van der Waals surface area contributed by atoms with Crippen molar-refractivity contribution in [3.63, 3.8) is 0 Å². The number of hydrogen-bond donors (Lipinski definition) is 2. The van der Waals surface area contributed by atoms with E-state index in [1.807, 2.05) is 27.7 Å². The Bertz CT molecular complexity index is 661. The van der Waals surface area contributed by atoms with Gasteiger partial charge in [0, 0.05) is 6.54 Å². The summed E-state index contributed by atoms with van der Waals surface area (Å²) in [7, 11) is 0. The molecule has 150 valence electrons. The van der Waals surface area contributed by atoms with E-state index in [1.165, 1.54) is 5.56 Å². The molecule has 1 saturated heterocycles. The second-order valence-electron chi connectivity index (χ2n) is 9.08. The van der Waals surface area contributed by atoms with Gasteiger partial charge in [-0.15, -0.1) is 0 Å². The average Bonchev–Trinajstić information content (AvgIpc) is 3.09. The van der Waals surface area contributed by atoms with Crippen molar-refractivity contribution in [3.8, 4) is 0 Å². The topological polar surface area (TPSA) is 75.4 Å². The van der Waals surface area contributed by atoms with E-state index in [1.54, 1.807) is 4.90 Å². The highest BCUT2D eigenvalue weighted by Crippen LogP contribution is 2.25. The number of carbonyl (C=O) groups excluding carboxylic acids is 2. The zero-order chi connectivity index (χ0) is 20.4. The number of benzene rings is 1. The summed E-state index contributed by atoms with van der Waals surface area (Å²) in [5.41, 5.74) is 8.16. The number of carbonyl (C=O) groups is 2.